The highest BCUT2D eigenvalue weighted by Crippen LogP contribution is 2.26. The summed E-state index contributed by atoms with van der Waals surface area (Å²) in [5.41, 5.74) is 0.115. The van der Waals surface area contributed by atoms with Gasteiger partial charge >= 0.3 is 0 Å². The molecule has 0 fully saturated rings. The van der Waals surface area contributed by atoms with Crippen LogP contribution in [0.25, 0.3) is 0 Å². The van der Waals surface area contributed by atoms with E-state index in [0.29, 0.717) is 23.6 Å². The van der Waals surface area contributed by atoms with Gasteiger partial charge in [0.2, 0.25) is 5.88 Å². The quantitative estimate of drug-likeness (QED) is 0.851. The maximum absolute atomic E-state index is 11.6. The zero-order chi connectivity index (χ0) is 12.3. The van der Waals surface area contributed by atoms with E-state index in [1.807, 2.05) is 6.92 Å². The maximum atomic E-state index is 11.6. The molecule has 1 rings (SSSR count). The van der Waals surface area contributed by atoms with Crippen LogP contribution in [0.4, 0.5) is 0 Å². The molecule has 4 nitrogen and oxygen atoms in total. The predicted molar refractivity (Wildman–Crippen MR) is 66.9 cm³/mol. The number of thioether (sulfide) groups is 1. The fraction of sp³-hybridized carbons (Fsp3) is 0.636. The number of hydrogen-bond donors (Lipinski definition) is 2. The van der Waals surface area contributed by atoms with Crippen LogP contribution in [0.2, 0.25) is 0 Å². The molecular formula is C11H18N2O2S. The van der Waals surface area contributed by atoms with E-state index < -0.39 is 0 Å². The summed E-state index contributed by atoms with van der Waals surface area (Å²) >= 11 is 1.67. The molecule has 0 radical (unpaired) electrons. The first-order valence-electron chi connectivity index (χ1n) is 5.28. The lowest BCUT2D eigenvalue weighted by molar-refractivity contribution is 0.441. The highest BCUT2D eigenvalue weighted by atomic mass is 32.2. The van der Waals surface area contributed by atoms with Crippen LogP contribution in [0.5, 0.6) is 5.88 Å². The number of aromatic amines is 1. The van der Waals surface area contributed by atoms with E-state index in [9.17, 15) is 9.90 Å². The van der Waals surface area contributed by atoms with E-state index in [1.165, 1.54) is 0 Å². The van der Waals surface area contributed by atoms with Gasteiger partial charge in [0.25, 0.3) is 5.56 Å². The molecule has 0 saturated carbocycles. The molecule has 1 heterocycles. The van der Waals surface area contributed by atoms with Crippen LogP contribution in [0.15, 0.2) is 4.79 Å². The van der Waals surface area contributed by atoms with E-state index in [4.69, 9.17) is 0 Å². The molecule has 90 valence electrons. The van der Waals surface area contributed by atoms with Gasteiger partial charge in [-0.05, 0) is 6.42 Å². The maximum Gasteiger partial charge on any atom is 0.257 e. The van der Waals surface area contributed by atoms with E-state index in [-0.39, 0.29) is 16.2 Å². The van der Waals surface area contributed by atoms with Gasteiger partial charge in [-0.3, -0.25) is 4.79 Å². The first kappa shape index (κ1) is 13.1. The molecule has 1 aromatic heterocycles. The van der Waals surface area contributed by atoms with Gasteiger partial charge in [-0.1, -0.05) is 27.7 Å². The normalized spacial score (nSPS) is 11.8. The van der Waals surface area contributed by atoms with Crippen LogP contribution in [0, 0.1) is 0 Å². The lowest BCUT2D eigenvalue weighted by Crippen LogP contribution is -2.17. The van der Waals surface area contributed by atoms with E-state index in [1.54, 1.807) is 11.8 Å². The molecule has 0 bridgehead atoms. The summed E-state index contributed by atoms with van der Waals surface area (Å²) in [5.74, 6) is 0.978. The fourth-order valence-corrected chi connectivity index (χ4v) is 1.91. The van der Waals surface area contributed by atoms with Gasteiger partial charge in [-0.25, -0.2) is 0 Å². The number of nitrogens with one attached hydrogen (secondary N) is 1. The fourth-order valence-electron chi connectivity index (χ4n) is 1.20. The Bertz CT molecular complexity index is 421. The van der Waals surface area contributed by atoms with Crippen molar-refractivity contribution in [1.82, 2.24) is 9.97 Å². The molecule has 0 spiro atoms. The molecule has 0 unspecified atom stereocenters. The van der Waals surface area contributed by atoms with Crippen molar-refractivity contribution in [3.63, 3.8) is 0 Å². The van der Waals surface area contributed by atoms with Crippen LogP contribution >= 0.6 is 11.8 Å². The van der Waals surface area contributed by atoms with Gasteiger partial charge in [-0.2, -0.15) is 4.98 Å². The van der Waals surface area contributed by atoms with Crippen molar-refractivity contribution in [3.05, 3.63) is 21.7 Å². The number of aromatic hydroxyl groups is 1. The molecule has 0 atom stereocenters. The standard InChI is InChI=1S/C11H18N2O2S/c1-5-7-9(14)12-8(13-10(7)15)6-16-11(2,3)4/h5-6H2,1-4H3,(H2,12,13,14,15). The smallest absolute Gasteiger partial charge is 0.257 e. The number of nitrogens with zero attached hydrogens (tertiary/aromatic N) is 1. The number of rotatable bonds is 3. The molecule has 0 aliphatic rings. The third-order valence-electron chi connectivity index (χ3n) is 2.04. The Labute approximate surface area is 99.5 Å². The van der Waals surface area contributed by atoms with E-state index >= 15 is 0 Å². The highest BCUT2D eigenvalue weighted by molar-refractivity contribution is 7.99. The Balaban J connectivity index is 2.88. The molecule has 0 aromatic carbocycles. The zero-order valence-corrected chi connectivity index (χ0v) is 10.9. The summed E-state index contributed by atoms with van der Waals surface area (Å²) in [5, 5.41) is 9.56. The highest BCUT2D eigenvalue weighted by Gasteiger charge is 2.13. The van der Waals surface area contributed by atoms with Crippen molar-refractivity contribution in [1.29, 1.82) is 0 Å². The summed E-state index contributed by atoms with van der Waals surface area (Å²) in [6.07, 6.45) is 0.487. The monoisotopic (exact) mass is 242 g/mol. The number of hydrogen-bond acceptors (Lipinski definition) is 4. The molecular weight excluding hydrogens is 224 g/mol. The molecule has 1 aromatic rings. The van der Waals surface area contributed by atoms with Gasteiger partial charge in [-0.15, -0.1) is 11.8 Å². The molecule has 0 aliphatic heterocycles. The van der Waals surface area contributed by atoms with Gasteiger partial charge in [0.15, 0.2) is 0 Å². The molecule has 5 heteroatoms. The van der Waals surface area contributed by atoms with Gasteiger partial charge in [0, 0.05) is 4.75 Å². The van der Waals surface area contributed by atoms with Crippen LogP contribution in [-0.4, -0.2) is 19.8 Å². The van der Waals surface area contributed by atoms with Gasteiger partial charge in [0.05, 0.1) is 11.3 Å². The van der Waals surface area contributed by atoms with Gasteiger partial charge in [0.1, 0.15) is 5.82 Å². The Morgan fingerprint density at radius 3 is 2.50 bits per heavy atom. The second-order valence-corrected chi connectivity index (χ2v) is 6.37. The SMILES string of the molecule is CCc1c(O)nc(CSC(C)(C)C)[nH]c1=O. The third kappa shape index (κ3) is 3.56. The predicted octanol–water partition coefficient (Wildman–Crippen LogP) is 2.07. The average molecular weight is 242 g/mol. The molecule has 0 amide bonds. The van der Waals surface area contributed by atoms with Crippen molar-refractivity contribution in [2.75, 3.05) is 0 Å². The van der Waals surface area contributed by atoms with Gasteiger partial charge < -0.3 is 10.1 Å². The first-order chi connectivity index (χ1) is 7.33. The first-order valence-corrected chi connectivity index (χ1v) is 6.27. The summed E-state index contributed by atoms with van der Waals surface area (Å²) in [6.45, 7) is 8.09. The van der Waals surface area contributed by atoms with Crippen molar-refractivity contribution in [2.45, 2.75) is 44.6 Å². The van der Waals surface area contributed by atoms with Crippen LogP contribution in [-0.2, 0) is 12.2 Å². The van der Waals surface area contributed by atoms with Crippen molar-refractivity contribution in [2.24, 2.45) is 0 Å². The lowest BCUT2D eigenvalue weighted by atomic mass is 10.2. The average Bonchev–Trinajstić information content (AvgIpc) is 2.13. The summed E-state index contributed by atoms with van der Waals surface area (Å²) in [6, 6.07) is 0. The van der Waals surface area contributed by atoms with E-state index in [0.717, 1.165) is 0 Å². The largest absolute Gasteiger partial charge is 0.493 e. The summed E-state index contributed by atoms with van der Waals surface area (Å²) < 4.78 is 0.109. The molecule has 2 N–H and O–H groups in total. The number of aromatic nitrogens is 2. The van der Waals surface area contributed by atoms with Crippen molar-refractivity contribution >= 4 is 11.8 Å². The molecule has 0 saturated heterocycles. The number of H-pyrrole nitrogens is 1. The van der Waals surface area contributed by atoms with Crippen LogP contribution in [0.1, 0.15) is 39.1 Å². The Kier molecular flexibility index (Phi) is 4.02. The second kappa shape index (κ2) is 4.91. The summed E-state index contributed by atoms with van der Waals surface area (Å²) in [7, 11) is 0. The Hall–Kier alpha value is -0.970. The lowest BCUT2D eigenvalue weighted by Gasteiger charge is -2.16. The zero-order valence-electron chi connectivity index (χ0n) is 10.1. The van der Waals surface area contributed by atoms with Crippen LogP contribution < -0.4 is 5.56 Å². The van der Waals surface area contributed by atoms with Crippen molar-refractivity contribution in [3.8, 4) is 5.88 Å². The molecule has 0 aliphatic carbocycles. The van der Waals surface area contributed by atoms with Crippen molar-refractivity contribution < 1.29 is 5.11 Å². The molecule has 16 heavy (non-hydrogen) atoms. The minimum absolute atomic E-state index is 0.109. The Morgan fingerprint density at radius 2 is 2.06 bits per heavy atom. The minimum atomic E-state index is -0.237. The third-order valence-corrected chi connectivity index (χ3v) is 3.32. The second-order valence-electron chi connectivity index (χ2n) is 4.57. The Morgan fingerprint density at radius 1 is 1.44 bits per heavy atom. The minimum Gasteiger partial charge on any atom is -0.493 e. The summed E-state index contributed by atoms with van der Waals surface area (Å²) in [4.78, 5) is 18.2. The van der Waals surface area contributed by atoms with E-state index in [2.05, 4.69) is 30.7 Å². The van der Waals surface area contributed by atoms with Crippen LogP contribution in [0.3, 0.4) is 0 Å². The topological polar surface area (TPSA) is 66.0 Å².